The number of hydrogen-bond acceptors (Lipinski definition) is 5. The molecule has 0 saturated carbocycles. The van der Waals surface area contributed by atoms with E-state index < -0.39 is 11.1 Å². The summed E-state index contributed by atoms with van der Waals surface area (Å²) >= 11 is 3.14. The van der Waals surface area contributed by atoms with Gasteiger partial charge in [-0.05, 0) is 40.2 Å². The van der Waals surface area contributed by atoms with Crippen molar-refractivity contribution in [1.82, 2.24) is 5.43 Å². The van der Waals surface area contributed by atoms with Crippen molar-refractivity contribution < 1.29 is 19.6 Å². The summed E-state index contributed by atoms with van der Waals surface area (Å²) in [5.74, 6) is 0.0437. The first-order valence-electron chi connectivity index (χ1n) is 5.48. The third kappa shape index (κ3) is 3.75. The maximum absolute atomic E-state index is 11.7. The molecule has 7 nitrogen and oxygen atoms in total. The van der Waals surface area contributed by atoms with Gasteiger partial charge in [0, 0.05) is 17.7 Å². The third-order valence-electron chi connectivity index (χ3n) is 2.35. The van der Waals surface area contributed by atoms with Crippen molar-refractivity contribution >= 4 is 33.7 Å². The lowest BCUT2D eigenvalue weighted by molar-refractivity contribution is -0.991. The summed E-state index contributed by atoms with van der Waals surface area (Å²) in [5, 5.41) is 22.1. The Labute approximate surface area is 122 Å². The Hall–Kier alpha value is -2.00. The molecule has 1 atom stereocenters. The number of quaternary nitrogens is 1. The molecule has 2 aromatic rings. The van der Waals surface area contributed by atoms with Crippen LogP contribution in [0, 0.1) is 5.21 Å². The molecular weight excluding hydrogens is 330 g/mol. The van der Waals surface area contributed by atoms with E-state index in [9.17, 15) is 10.0 Å². The summed E-state index contributed by atoms with van der Waals surface area (Å²) in [6, 6.07) is 8.92. The maximum Gasteiger partial charge on any atom is 0.271 e. The normalized spacial score (nSPS) is 12.6. The Morgan fingerprint density at radius 2 is 2.05 bits per heavy atom. The minimum absolute atomic E-state index is 0.116. The molecule has 3 N–H and O–H groups in total. The molecule has 1 unspecified atom stereocenters. The summed E-state index contributed by atoms with van der Waals surface area (Å²) < 4.78 is 5.73. The average molecular weight is 340 g/mol. The van der Waals surface area contributed by atoms with E-state index in [0.717, 1.165) is 0 Å². The first-order chi connectivity index (χ1) is 9.56. The van der Waals surface area contributed by atoms with Gasteiger partial charge in [0.15, 0.2) is 10.4 Å². The predicted molar refractivity (Wildman–Crippen MR) is 73.7 cm³/mol. The van der Waals surface area contributed by atoms with Crippen molar-refractivity contribution in [2.75, 3.05) is 0 Å². The van der Waals surface area contributed by atoms with Gasteiger partial charge in [-0.3, -0.25) is 4.79 Å². The van der Waals surface area contributed by atoms with Gasteiger partial charge in [0.25, 0.3) is 5.91 Å². The van der Waals surface area contributed by atoms with Gasteiger partial charge in [0.2, 0.25) is 0 Å². The molecule has 104 valence electrons. The first kappa shape index (κ1) is 14.4. The van der Waals surface area contributed by atoms with Gasteiger partial charge in [0.05, 0.1) is 6.21 Å². The number of hydrazone groups is 1. The van der Waals surface area contributed by atoms with Crippen LogP contribution in [-0.2, 0) is 0 Å². The largest absolute Gasteiger partial charge is 0.595 e. The van der Waals surface area contributed by atoms with Crippen LogP contribution in [0.1, 0.15) is 16.1 Å². The second kappa shape index (κ2) is 6.44. The molecule has 1 aromatic carbocycles. The van der Waals surface area contributed by atoms with Crippen molar-refractivity contribution in [2.24, 2.45) is 5.10 Å². The summed E-state index contributed by atoms with van der Waals surface area (Å²) in [7, 11) is 0. The number of nitrogens with zero attached hydrogens (tertiary/aromatic N) is 1. The van der Waals surface area contributed by atoms with Crippen molar-refractivity contribution in [3.05, 3.63) is 57.6 Å². The number of amides is 1. The maximum atomic E-state index is 11.7. The predicted octanol–water partition coefficient (Wildman–Crippen LogP) is 1.21. The summed E-state index contributed by atoms with van der Waals surface area (Å²) in [6.45, 7) is 0. The topological polar surface area (TPSA) is 102 Å². The molecule has 0 fully saturated rings. The van der Waals surface area contributed by atoms with Crippen molar-refractivity contribution in [3.63, 3.8) is 0 Å². The molecule has 0 spiro atoms. The van der Waals surface area contributed by atoms with Crippen LogP contribution in [0.15, 0.2) is 50.6 Å². The highest BCUT2D eigenvalue weighted by Crippen LogP contribution is 2.12. The van der Waals surface area contributed by atoms with Gasteiger partial charge in [-0.15, -0.1) is 0 Å². The summed E-state index contributed by atoms with van der Waals surface area (Å²) in [6.07, 6.45) is 1.36. The highest BCUT2D eigenvalue weighted by molar-refractivity contribution is 9.10. The molecular formula is C12H10BrN3O4. The van der Waals surface area contributed by atoms with Crippen LogP contribution in [0.25, 0.3) is 0 Å². The van der Waals surface area contributed by atoms with E-state index in [2.05, 4.69) is 26.5 Å². The molecule has 1 amide bonds. The van der Waals surface area contributed by atoms with E-state index in [-0.39, 0.29) is 5.69 Å². The van der Waals surface area contributed by atoms with Crippen LogP contribution >= 0.6 is 15.9 Å². The Morgan fingerprint density at radius 1 is 1.35 bits per heavy atom. The van der Waals surface area contributed by atoms with Gasteiger partial charge >= 0.3 is 0 Å². The molecule has 20 heavy (non-hydrogen) atoms. The Bertz CT molecular complexity index is 622. The van der Waals surface area contributed by atoms with Crippen LogP contribution < -0.4 is 10.7 Å². The van der Waals surface area contributed by atoms with Gasteiger partial charge in [-0.1, -0.05) is 0 Å². The minimum atomic E-state index is -1.04. The molecule has 0 radical (unpaired) electrons. The van der Waals surface area contributed by atoms with E-state index in [1.165, 1.54) is 30.5 Å². The molecule has 0 aliphatic heterocycles. The lowest BCUT2D eigenvalue weighted by Crippen LogP contribution is -2.99. The Morgan fingerprint density at radius 3 is 2.60 bits per heavy atom. The highest BCUT2D eigenvalue weighted by Gasteiger charge is 2.06. The van der Waals surface area contributed by atoms with E-state index in [0.29, 0.717) is 16.0 Å². The highest BCUT2D eigenvalue weighted by atomic mass is 79.9. The van der Waals surface area contributed by atoms with Gasteiger partial charge < -0.3 is 9.62 Å². The molecule has 1 heterocycles. The fraction of sp³-hybridized carbons (Fsp3) is 0. The molecule has 2 rings (SSSR count). The second-order valence-electron chi connectivity index (χ2n) is 3.72. The first-order valence-corrected chi connectivity index (χ1v) is 6.27. The van der Waals surface area contributed by atoms with E-state index in [4.69, 9.17) is 9.62 Å². The summed E-state index contributed by atoms with van der Waals surface area (Å²) in [4.78, 5) is 11.7. The molecule has 8 heteroatoms. The molecule has 0 saturated heterocycles. The van der Waals surface area contributed by atoms with Crippen molar-refractivity contribution in [3.8, 4) is 0 Å². The fourth-order valence-electron chi connectivity index (χ4n) is 1.38. The van der Waals surface area contributed by atoms with Crippen LogP contribution in [0.3, 0.4) is 0 Å². The zero-order chi connectivity index (χ0) is 14.5. The average Bonchev–Trinajstić information content (AvgIpc) is 2.84. The zero-order valence-corrected chi connectivity index (χ0v) is 11.6. The van der Waals surface area contributed by atoms with E-state index in [1.54, 1.807) is 12.1 Å². The number of benzene rings is 1. The second-order valence-corrected chi connectivity index (χ2v) is 4.51. The number of furan rings is 1. The van der Waals surface area contributed by atoms with Crippen LogP contribution in [-0.4, -0.2) is 17.3 Å². The smallest absolute Gasteiger partial charge is 0.271 e. The number of carbonyl (C=O) groups is 1. The number of halogens is 1. The standard InChI is InChI=1S/C12H10BrN3O4/c13-11-6-5-10(20-11)7-14-15-12(17)8-1-3-9(4-2-8)16(18)19/h1-7,16,18H,(H,15,17). The fourth-order valence-corrected chi connectivity index (χ4v) is 1.70. The van der Waals surface area contributed by atoms with E-state index in [1.807, 2.05) is 0 Å². The monoisotopic (exact) mass is 339 g/mol. The van der Waals surface area contributed by atoms with Crippen molar-refractivity contribution in [2.45, 2.75) is 0 Å². The summed E-state index contributed by atoms with van der Waals surface area (Å²) in [5.41, 5.74) is 2.74. The van der Waals surface area contributed by atoms with E-state index >= 15 is 0 Å². The molecule has 0 bridgehead atoms. The van der Waals surface area contributed by atoms with Crippen LogP contribution in [0.4, 0.5) is 5.69 Å². The Kier molecular flexibility index (Phi) is 4.64. The SMILES string of the molecule is O=C(NN=Cc1ccc(Br)o1)c1ccc([NH+]([O-])O)cc1. The lowest BCUT2D eigenvalue weighted by atomic mass is 10.2. The van der Waals surface area contributed by atoms with Gasteiger partial charge in [-0.2, -0.15) is 10.3 Å². The number of carbonyl (C=O) groups excluding carboxylic acids is 1. The number of rotatable bonds is 4. The Balaban J connectivity index is 1.96. The molecule has 0 aliphatic carbocycles. The molecule has 0 aliphatic rings. The van der Waals surface area contributed by atoms with Gasteiger partial charge in [-0.25, -0.2) is 10.6 Å². The third-order valence-corrected chi connectivity index (χ3v) is 2.77. The van der Waals surface area contributed by atoms with Crippen LogP contribution in [0.2, 0.25) is 0 Å². The number of hydrogen-bond donors (Lipinski definition) is 3. The number of nitrogens with one attached hydrogen (secondary N) is 2. The van der Waals surface area contributed by atoms with Gasteiger partial charge in [0.1, 0.15) is 5.76 Å². The quantitative estimate of drug-likeness (QED) is 0.575. The lowest BCUT2D eigenvalue weighted by Gasteiger charge is -2.11. The van der Waals surface area contributed by atoms with Crippen molar-refractivity contribution in [1.29, 1.82) is 0 Å². The zero-order valence-electron chi connectivity index (χ0n) is 10.0. The molecule has 1 aromatic heterocycles. The van der Waals surface area contributed by atoms with Crippen LogP contribution in [0.5, 0.6) is 0 Å². The minimum Gasteiger partial charge on any atom is -0.595 e.